The minimum absolute atomic E-state index is 0.00452. The SMILES string of the molecule is c1ccc(C2CC(c3ccc(C4=NOC(c5ccccc5)C4)cc3)=NO2)cc1. The number of nitrogens with zero attached hydrogens (tertiary/aromatic N) is 2. The molecule has 0 amide bonds. The van der Waals surface area contributed by atoms with Gasteiger partial charge >= 0.3 is 0 Å². The molecule has 28 heavy (non-hydrogen) atoms. The third kappa shape index (κ3) is 3.29. The van der Waals surface area contributed by atoms with E-state index in [-0.39, 0.29) is 12.2 Å². The average molecular weight is 368 g/mol. The van der Waals surface area contributed by atoms with E-state index in [4.69, 9.17) is 9.68 Å². The lowest BCUT2D eigenvalue weighted by Crippen LogP contribution is -2.04. The summed E-state index contributed by atoms with van der Waals surface area (Å²) in [5, 5.41) is 8.61. The van der Waals surface area contributed by atoms with Gasteiger partial charge in [-0.15, -0.1) is 0 Å². The Morgan fingerprint density at radius 1 is 0.536 bits per heavy atom. The molecular weight excluding hydrogens is 348 g/mol. The summed E-state index contributed by atoms with van der Waals surface area (Å²) in [4.78, 5) is 11.3. The van der Waals surface area contributed by atoms with Gasteiger partial charge in [-0.1, -0.05) is 95.2 Å². The molecule has 4 heteroatoms. The zero-order valence-corrected chi connectivity index (χ0v) is 15.4. The van der Waals surface area contributed by atoms with Crippen molar-refractivity contribution in [1.82, 2.24) is 0 Å². The number of benzene rings is 3. The smallest absolute Gasteiger partial charge is 0.158 e. The highest BCUT2D eigenvalue weighted by Gasteiger charge is 2.25. The highest BCUT2D eigenvalue weighted by Crippen LogP contribution is 2.31. The van der Waals surface area contributed by atoms with E-state index in [0.717, 1.165) is 46.5 Å². The summed E-state index contributed by atoms with van der Waals surface area (Å²) in [7, 11) is 0. The lowest BCUT2D eigenvalue weighted by atomic mass is 9.97. The van der Waals surface area contributed by atoms with Crippen molar-refractivity contribution in [2.75, 3.05) is 0 Å². The highest BCUT2D eigenvalue weighted by atomic mass is 16.6. The van der Waals surface area contributed by atoms with Gasteiger partial charge in [0, 0.05) is 12.8 Å². The summed E-state index contributed by atoms with van der Waals surface area (Å²) >= 11 is 0. The minimum atomic E-state index is -0.00452. The van der Waals surface area contributed by atoms with E-state index in [1.165, 1.54) is 0 Å². The normalized spacial score (nSPS) is 20.9. The van der Waals surface area contributed by atoms with E-state index in [1.807, 2.05) is 36.4 Å². The Bertz CT molecular complexity index is 927. The molecule has 3 aromatic carbocycles. The number of oxime groups is 2. The summed E-state index contributed by atoms with van der Waals surface area (Å²) in [5.74, 6) is 0. The molecule has 2 aliphatic rings. The second-order valence-corrected chi connectivity index (χ2v) is 7.07. The van der Waals surface area contributed by atoms with Crippen molar-refractivity contribution in [3.05, 3.63) is 107 Å². The number of hydrogen-bond donors (Lipinski definition) is 0. The molecule has 0 aromatic heterocycles. The Hall–Kier alpha value is -3.40. The lowest BCUT2D eigenvalue weighted by molar-refractivity contribution is 0.0856. The largest absolute Gasteiger partial charge is 0.387 e. The first kappa shape index (κ1) is 16.8. The summed E-state index contributed by atoms with van der Waals surface area (Å²) in [6.07, 6.45) is 1.55. The quantitative estimate of drug-likeness (QED) is 0.617. The van der Waals surface area contributed by atoms with Gasteiger partial charge in [-0.2, -0.15) is 0 Å². The Morgan fingerprint density at radius 3 is 1.32 bits per heavy atom. The van der Waals surface area contributed by atoms with Crippen LogP contribution in [0.1, 0.15) is 47.3 Å². The maximum atomic E-state index is 5.64. The molecule has 0 fully saturated rings. The molecule has 5 rings (SSSR count). The molecule has 0 N–H and O–H groups in total. The van der Waals surface area contributed by atoms with E-state index in [0.29, 0.717) is 0 Å². The van der Waals surface area contributed by atoms with Gasteiger partial charge in [0.15, 0.2) is 12.2 Å². The molecule has 0 saturated carbocycles. The van der Waals surface area contributed by atoms with Crippen LogP contribution in [0.25, 0.3) is 0 Å². The van der Waals surface area contributed by atoms with Crippen LogP contribution >= 0.6 is 0 Å². The van der Waals surface area contributed by atoms with Gasteiger partial charge in [0.05, 0.1) is 11.4 Å². The summed E-state index contributed by atoms with van der Waals surface area (Å²) in [5.41, 5.74) is 6.44. The van der Waals surface area contributed by atoms with Crippen LogP contribution in [-0.2, 0) is 9.68 Å². The first-order valence-corrected chi connectivity index (χ1v) is 9.53. The molecule has 2 atom stereocenters. The average Bonchev–Trinajstić information content (AvgIpc) is 3.46. The van der Waals surface area contributed by atoms with Crippen molar-refractivity contribution in [2.24, 2.45) is 10.3 Å². The summed E-state index contributed by atoms with van der Waals surface area (Å²) in [6, 6.07) is 28.8. The fraction of sp³-hybridized carbons (Fsp3) is 0.167. The van der Waals surface area contributed by atoms with Crippen molar-refractivity contribution in [1.29, 1.82) is 0 Å². The van der Waals surface area contributed by atoms with Crippen LogP contribution in [0.2, 0.25) is 0 Å². The molecular formula is C24H20N2O2. The molecule has 2 aliphatic heterocycles. The molecule has 3 aromatic rings. The van der Waals surface area contributed by atoms with Crippen LogP contribution in [0, 0.1) is 0 Å². The third-order valence-corrected chi connectivity index (χ3v) is 5.23. The van der Waals surface area contributed by atoms with E-state index in [1.54, 1.807) is 0 Å². The first-order chi connectivity index (χ1) is 13.9. The predicted molar refractivity (Wildman–Crippen MR) is 109 cm³/mol. The second kappa shape index (κ2) is 7.31. The van der Waals surface area contributed by atoms with Crippen molar-refractivity contribution in [3.63, 3.8) is 0 Å². The van der Waals surface area contributed by atoms with E-state index in [2.05, 4.69) is 58.8 Å². The van der Waals surface area contributed by atoms with Crippen molar-refractivity contribution < 1.29 is 9.68 Å². The van der Waals surface area contributed by atoms with E-state index in [9.17, 15) is 0 Å². The maximum Gasteiger partial charge on any atom is 0.158 e. The van der Waals surface area contributed by atoms with Gasteiger partial charge in [0.25, 0.3) is 0 Å². The van der Waals surface area contributed by atoms with Gasteiger partial charge in [-0.3, -0.25) is 0 Å². The second-order valence-electron chi connectivity index (χ2n) is 7.07. The number of hydrogen-bond acceptors (Lipinski definition) is 4. The Balaban J connectivity index is 1.26. The molecule has 0 bridgehead atoms. The Kier molecular flexibility index (Phi) is 4.37. The topological polar surface area (TPSA) is 43.2 Å². The Labute approximate surface area is 164 Å². The third-order valence-electron chi connectivity index (χ3n) is 5.23. The summed E-state index contributed by atoms with van der Waals surface area (Å²) < 4.78 is 0. The van der Waals surface area contributed by atoms with Gasteiger partial charge in [-0.05, 0) is 22.3 Å². The van der Waals surface area contributed by atoms with Crippen LogP contribution in [0.15, 0.2) is 95.2 Å². The fourth-order valence-corrected chi connectivity index (χ4v) is 3.64. The summed E-state index contributed by atoms with van der Waals surface area (Å²) in [6.45, 7) is 0. The molecule has 0 radical (unpaired) electrons. The van der Waals surface area contributed by atoms with Crippen LogP contribution in [0.4, 0.5) is 0 Å². The standard InChI is InChI=1S/C24H20N2O2/c1-3-7-19(8-4-1)23-15-21(25-27-23)17-11-13-18(14-12-17)22-16-24(28-26-22)20-9-5-2-6-10-20/h1-14,23-24H,15-16H2. The van der Waals surface area contributed by atoms with E-state index >= 15 is 0 Å². The van der Waals surface area contributed by atoms with Gasteiger partial charge in [0.2, 0.25) is 0 Å². The maximum absolute atomic E-state index is 5.64. The molecule has 2 heterocycles. The zero-order valence-electron chi connectivity index (χ0n) is 15.4. The molecule has 0 saturated heterocycles. The zero-order chi connectivity index (χ0) is 18.8. The lowest BCUT2D eigenvalue weighted by Gasteiger charge is -2.08. The molecule has 0 spiro atoms. The van der Waals surface area contributed by atoms with Gasteiger partial charge in [-0.25, -0.2) is 0 Å². The van der Waals surface area contributed by atoms with Crippen LogP contribution in [0.5, 0.6) is 0 Å². The van der Waals surface area contributed by atoms with Crippen LogP contribution in [-0.4, -0.2) is 11.4 Å². The molecule has 0 aliphatic carbocycles. The van der Waals surface area contributed by atoms with Gasteiger partial charge in [0.1, 0.15) is 0 Å². The molecule has 4 nitrogen and oxygen atoms in total. The van der Waals surface area contributed by atoms with Crippen LogP contribution in [0.3, 0.4) is 0 Å². The monoisotopic (exact) mass is 368 g/mol. The minimum Gasteiger partial charge on any atom is -0.387 e. The molecule has 138 valence electrons. The molecule has 2 unspecified atom stereocenters. The Morgan fingerprint density at radius 2 is 0.929 bits per heavy atom. The van der Waals surface area contributed by atoms with Crippen LogP contribution < -0.4 is 0 Å². The van der Waals surface area contributed by atoms with Crippen molar-refractivity contribution >= 4 is 11.4 Å². The van der Waals surface area contributed by atoms with Crippen molar-refractivity contribution in [3.8, 4) is 0 Å². The highest BCUT2D eigenvalue weighted by molar-refractivity contribution is 6.04. The van der Waals surface area contributed by atoms with Crippen molar-refractivity contribution in [2.45, 2.75) is 25.0 Å². The predicted octanol–water partition coefficient (Wildman–Crippen LogP) is 5.42. The fourth-order valence-electron chi connectivity index (χ4n) is 3.64. The number of rotatable bonds is 4. The van der Waals surface area contributed by atoms with E-state index < -0.39 is 0 Å². The van der Waals surface area contributed by atoms with Gasteiger partial charge < -0.3 is 9.68 Å². The first-order valence-electron chi connectivity index (χ1n) is 9.53.